The number of hydrogen-bond acceptors (Lipinski definition) is 3. The predicted octanol–water partition coefficient (Wildman–Crippen LogP) is 2.35. The predicted molar refractivity (Wildman–Crippen MR) is 91.5 cm³/mol. The molecule has 0 atom stereocenters. The lowest BCUT2D eigenvalue weighted by atomic mass is 10.1. The Kier molecular flexibility index (Phi) is 8.16. The number of rotatable bonds is 9. The van der Waals surface area contributed by atoms with Crippen molar-refractivity contribution in [3.8, 4) is 5.75 Å². The van der Waals surface area contributed by atoms with Crippen molar-refractivity contribution in [2.24, 2.45) is 5.92 Å². The van der Waals surface area contributed by atoms with E-state index in [0.717, 1.165) is 16.9 Å². The van der Waals surface area contributed by atoms with Crippen LogP contribution >= 0.6 is 0 Å². The second kappa shape index (κ2) is 9.87. The SMILES string of the molecule is Cc1cccc(C)c1OCCCC(=O)NCCNC(=O)C(C)C. The summed E-state index contributed by atoms with van der Waals surface area (Å²) in [5.74, 6) is 0.854. The van der Waals surface area contributed by atoms with E-state index in [2.05, 4.69) is 10.6 Å². The van der Waals surface area contributed by atoms with Gasteiger partial charge < -0.3 is 15.4 Å². The molecule has 0 unspecified atom stereocenters. The number of nitrogens with one attached hydrogen (secondary N) is 2. The van der Waals surface area contributed by atoms with Crippen LogP contribution in [0.25, 0.3) is 0 Å². The number of hydrogen-bond donors (Lipinski definition) is 2. The van der Waals surface area contributed by atoms with Gasteiger partial charge in [0.1, 0.15) is 5.75 Å². The Morgan fingerprint density at radius 2 is 1.70 bits per heavy atom. The van der Waals surface area contributed by atoms with E-state index >= 15 is 0 Å². The molecule has 0 aliphatic carbocycles. The Morgan fingerprint density at radius 3 is 2.30 bits per heavy atom. The van der Waals surface area contributed by atoms with Gasteiger partial charge >= 0.3 is 0 Å². The number of amides is 2. The average molecular weight is 320 g/mol. The van der Waals surface area contributed by atoms with Crippen LogP contribution in [0.3, 0.4) is 0 Å². The quantitative estimate of drug-likeness (QED) is 0.686. The van der Waals surface area contributed by atoms with Crippen LogP contribution in [-0.2, 0) is 9.59 Å². The lowest BCUT2D eigenvalue weighted by Crippen LogP contribution is -2.36. The normalized spacial score (nSPS) is 10.5. The molecule has 5 heteroatoms. The fraction of sp³-hybridized carbons (Fsp3) is 0.556. The Hall–Kier alpha value is -2.04. The van der Waals surface area contributed by atoms with Gasteiger partial charge in [-0.15, -0.1) is 0 Å². The number of para-hydroxylation sites is 1. The van der Waals surface area contributed by atoms with Gasteiger partial charge in [0.15, 0.2) is 0 Å². The van der Waals surface area contributed by atoms with E-state index in [1.807, 2.05) is 45.9 Å². The van der Waals surface area contributed by atoms with Crippen molar-refractivity contribution < 1.29 is 14.3 Å². The first kappa shape index (κ1) is 19.0. The van der Waals surface area contributed by atoms with Crippen LogP contribution in [0.1, 0.15) is 37.8 Å². The lowest BCUT2D eigenvalue weighted by molar-refractivity contribution is -0.124. The molecule has 128 valence electrons. The lowest BCUT2D eigenvalue weighted by Gasteiger charge is -2.12. The zero-order valence-corrected chi connectivity index (χ0v) is 14.6. The van der Waals surface area contributed by atoms with Gasteiger partial charge in [-0.1, -0.05) is 32.0 Å². The molecule has 23 heavy (non-hydrogen) atoms. The molecule has 0 fully saturated rings. The molecular formula is C18H28N2O3. The minimum Gasteiger partial charge on any atom is -0.493 e. The topological polar surface area (TPSA) is 67.4 Å². The van der Waals surface area contributed by atoms with Crippen LogP contribution in [0.15, 0.2) is 18.2 Å². The van der Waals surface area contributed by atoms with Gasteiger partial charge in [0.05, 0.1) is 6.61 Å². The van der Waals surface area contributed by atoms with E-state index in [-0.39, 0.29) is 17.7 Å². The number of benzene rings is 1. The molecule has 0 aliphatic heterocycles. The maximum Gasteiger partial charge on any atom is 0.222 e. The highest BCUT2D eigenvalue weighted by Gasteiger charge is 2.06. The fourth-order valence-corrected chi connectivity index (χ4v) is 2.11. The molecule has 1 rings (SSSR count). The molecule has 0 bridgehead atoms. The van der Waals surface area contributed by atoms with E-state index in [1.165, 1.54) is 0 Å². The first-order valence-corrected chi connectivity index (χ1v) is 8.15. The maximum atomic E-state index is 11.7. The van der Waals surface area contributed by atoms with Gasteiger partial charge in [0.2, 0.25) is 11.8 Å². The van der Waals surface area contributed by atoms with Crippen LogP contribution < -0.4 is 15.4 Å². The maximum absolute atomic E-state index is 11.7. The summed E-state index contributed by atoms with van der Waals surface area (Å²) in [5, 5.41) is 5.55. The number of carbonyl (C=O) groups excluding carboxylic acids is 2. The van der Waals surface area contributed by atoms with Crippen LogP contribution in [-0.4, -0.2) is 31.5 Å². The van der Waals surface area contributed by atoms with Gasteiger partial charge in [0.25, 0.3) is 0 Å². The second-order valence-corrected chi connectivity index (χ2v) is 5.97. The molecule has 1 aromatic carbocycles. The van der Waals surface area contributed by atoms with Crippen molar-refractivity contribution in [3.63, 3.8) is 0 Å². The summed E-state index contributed by atoms with van der Waals surface area (Å²) in [6.07, 6.45) is 1.08. The van der Waals surface area contributed by atoms with Crippen molar-refractivity contribution in [2.45, 2.75) is 40.5 Å². The number of aryl methyl sites for hydroxylation is 2. The minimum absolute atomic E-state index is 0.00116. The van der Waals surface area contributed by atoms with E-state index in [4.69, 9.17) is 4.74 Å². The summed E-state index contributed by atoms with van der Waals surface area (Å²) < 4.78 is 5.76. The summed E-state index contributed by atoms with van der Waals surface area (Å²) in [7, 11) is 0. The van der Waals surface area contributed by atoms with Crippen molar-refractivity contribution >= 4 is 11.8 Å². The molecule has 0 aromatic heterocycles. The van der Waals surface area contributed by atoms with E-state index in [1.54, 1.807) is 0 Å². The third kappa shape index (κ3) is 7.17. The molecule has 0 saturated heterocycles. The molecule has 0 aliphatic rings. The molecule has 0 saturated carbocycles. The highest BCUT2D eigenvalue weighted by Crippen LogP contribution is 2.22. The largest absolute Gasteiger partial charge is 0.493 e. The van der Waals surface area contributed by atoms with Crippen molar-refractivity contribution in [3.05, 3.63) is 29.3 Å². The zero-order valence-electron chi connectivity index (χ0n) is 14.6. The summed E-state index contributed by atoms with van der Waals surface area (Å²) >= 11 is 0. The molecule has 2 N–H and O–H groups in total. The van der Waals surface area contributed by atoms with Crippen LogP contribution in [0.4, 0.5) is 0 Å². The Bertz CT molecular complexity index is 507. The first-order valence-electron chi connectivity index (χ1n) is 8.15. The molecule has 0 radical (unpaired) electrons. The van der Waals surface area contributed by atoms with Gasteiger partial charge in [-0.2, -0.15) is 0 Å². The van der Waals surface area contributed by atoms with E-state index < -0.39 is 0 Å². The molecular weight excluding hydrogens is 292 g/mol. The van der Waals surface area contributed by atoms with Crippen molar-refractivity contribution in [2.75, 3.05) is 19.7 Å². The third-order valence-corrected chi connectivity index (χ3v) is 3.47. The smallest absolute Gasteiger partial charge is 0.222 e. The summed E-state index contributed by atoms with van der Waals surface area (Å²) in [6, 6.07) is 6.03. The van der Waals surface area contributed by atoms with E-state index in [0.29, 0.717) is 32.5 Å². The van der Waals surface area contributed by atoms with Gasteiger partial charge in [-0.05, 0) is 31.4 Å². The molecule has 5 nitrogen and oxygen atoms in total. The average Bonchev–Trinajstić information content (AvgIpc) is 2.50. The van der Waals surface area contributed by atoms with Crippen LogP contribution in [0.2, 0.25) is 0 Å². The summed E-state index contributed by atoms with van der Waals surface area (Å²) in [6.45, 7) is 9.13. The van der Waals surface area contributed by atoms with Crippen LogP contribution in [0, 0.1) is 19.8 Å². The van der Waals surface area contributed by atoms with Crippen molar-refractivity contribution in [1.29, 1.82) is 0 Å². The second-order valence-electron chi connectivity index (χ2n) is 5.97. The highest BCUT2D eigenvalue weighted by molar-refractivity contribution is 5.78. The minimum atomic E-state index is -0.0345. The summed E-state index contributed by atoms with van der Waals surface area (Å²) in [5.41, 5.74) is 2.21. The zero-order chi connectivity index (χ0) is 17.2. The Labute approximate surface area is 138 Å². The number of carbonyl (C=O) groups is 2. The highest BCUT2D eigenvalue weighted by atomic mass is 16.5. The van der Waals surface area contributed by atoms with E-state index in [9.17, 15) is 9.59 Å². The monoisotopic (exact) mass is 320 g/mol. The molecule has 1 aromatic rings. The molecule has 2 amide bonds. The Morgan fingerprint density at radius 1 is 1.09 bits per heavy atom. The molecule has 0 heterocycles. The third-order valence-electron chi connectivity index (χ3n) is 3.47. The number of ether oxygens (including phenoxy) is 1. The van der Waals surface area contributed by atoms with Gasteiger partial charge in [-0.25, -0.2) is 0 Å². The van der Waals surface area contributed by atoms with Gasteiger partial charge in [0, 0.05) is 25.4 Å². The Balaban J connectivity index is 2.14. The van der Waals surface area contributed by atoms with Gasteiger partial charge in [-0.3, -0.25) is 9.59 Å². The fourth-order valence-electron chi connectivity index (χ4n) is 2.11. The standard InChI is InChI=1S/C18H28N2O3/c1-13(2)18(22)20-11-10-19-16(21)9-6-12-23-17-14(3)7-5-8-15(17)4/h5,7-8,13H,6,9-12H2,1-4H3,(H,19,21)(H,20,22). The molecule has 0 spiro atoms. The van der Waals surface area contributed by atoms with Crippen molar-refractivity contribution in [1.82, 2.24) is 10.6 Å². The first-order chi connectivity index (χ1) is 10.9. The summed E-state index contributed by atoms with van der Waals surface area (Å²) in [4.78, 5) is 23.0. The van der Waals surface area contributed by atoms with Crippen LogP contribution in [0.5, 0.6) is 5.75 Å².